The number of aryl methyl sites for hydroxylation is 1. The summed E-state index contributed by atoms with van der Waals surface area (Å²) in [6.07, 6.45) is 0.168. The summed E-state index contributed by atoms with van der Waals surface area (Å²) in [5.74, 6) is -0.774. The van der Waals surface area contributed by atoms with Crippen molar-refractivity contribution in [3.05, 3.63) is 93.6 Å². The van der Waals surface area contributed by atoms with Crippen LogP contribution in [0.3, 0.4) is 0 Å². The molecule has 1 aromatic heterocycles. The van der Waals surface area contributed by atoms with E-state index in [1.54, 1.807) is 19.9 Å². The van der Waals surface area contributed by atoms with Gasteiger partial charge in [0.2, 0.25) is 0 Å². The van der Waals surface area contributed by atoms with Crippen LogP contribution in [0.5, 0.6) is 0 Å². The highest BCUT2D eigenvalue weighted by Crippen LogP contribution is 2.49. The maximum Gasteiger partial charge on any atom is 0.412 e. The van der Waals surface area contributed by atoms with Gasteiger partial charge in [-0.25, -0.2) is 4.79 Å². The van der Waals surface area contributed by atoms with E-state index in [9.17, 15) is 14.7 Å². The Hall–Kier alpha value is -3.39. The summed E-state index contributed by atoms with van der Waals surface area (Å²) in [6, 6.07) is 20.5. The molecule has 0 spiro atoms. The molecule has 1 heterocycles. The summed E-state index contributed by atoms with van der Waals surface area (Å²) >= 11 is 14.2. The van der Waals surface area contributed by atoms with Crippen LogP contribution in [0.1, 0.15) is 42.7 Å². The Morgan fingerprint density at radius 2 is 1.71 bits per heavy atom. The van der Waals surface area contributed by atoms with Crippen molar-refractivity contribution in [1.82, 2.24) is 4.37 Å². The monoisotopic (exact) mass is 566 g/mol. The van der Waals surface area contributed by atoms with Gasteiger partial charge in [0.1, 0.15) is 6.10 Å². The Bertz CT molecular complexity index is 1530. The number of halogens is 2. The van der Waals surface area contributed by atoms with E-state index in [-0.39, 0.29) is 0 Å². The highest BCUT2D eigenvalue weighted by Gasteiger charge is 2.51. The van der Waals surface area contributed by atoms with Crippen LogP contribution in [0, 0.1) is 6.92 Å². The number of aromatic nitrogens is 1. The highest BCUT2D eigenvalue weighted by molar-refractivity contribution is 7.10. The van der Waals surface area contributed by atoms with Crippen LogP contribution in [0.15, 0.2) is 66.7 Å². The lowest BCUT2D eigenvalue weighted by Crippen LogP contribution is -2.19. The van der Waals surface area contributed by atoms with Crippen LogP contribution in [0.2, 0.25) is 10.0 Å². The predicted octanol–water partition coefficient (Wildman–Crippen LogP) is 8.52. The fraction of sp³-hybridized carbons (Fsp3) is 0.207. The van der Waals surface area contributed by atoms with E-state index in [1.165, 1.54) is 11.5 Å². The Kier molecular flexibility index (Phi) is 7.18. The average Bonchev–Trinajstić information content (AvgIpc) is 3.64. The highest BCUT2D eigenvalue weighted by atomic mass is 35.5. The summed E-state index contributed by atoms with van der Waals surface area (Å²) in [6.45, 7) is 3.56. The number of ether oxygens (including phenoxy) is 1. The van der Waals surface area contributed by atoms with E-state index < -0.39 is 23.6 Å². The first-order valence-electron chi connectivity index (χ1n) is 12.0. The number of hydrogen-bond donors (Lipinski definition) is 2. The molecule has 3 aromatic carbocycles. The fourth-order valence-corrected chi connectivity index (χ4v) is 5.98. The second-order valence-corrected chi connectivity index (χ2v) is 10.9. The molecule has 194 valence electrons. The SMILES string of the molecule is Cc1nsc(-c2ccc(-c3ccc(C4(C(=O)O)CC4)cc3)cc2Cl)c1NC(=O)O[C@H](C)c1ccccc1Cl. The maximum absolute atomic E-state index is 12.7. The molecule has 4 aromatic rings. The third-order valence-electron chi connectivity index (χ3n) is 6.86. The van der Waals surface area contributed by atoms with Crippen molar-refractivity contribution in [2.45, 2.75) is 38.2 Å². The van der Waals surface area contributed by atoms with E-state index in [1.807, 2.05) is 60.7 Å². The molecular weight excluding hydrogens is 543 g/mol. The van der Waals surface area contributed by atoms with Crippen LogP contribution < -0.4 is 5.32 Å². The third kappa shape index (κ3) is 5.01. The fourth-order valence-electron chi connectivity index (χ4n) is 4.47. The number of carboxylic acids is 1. The first-order chi connectivity index (χ1) is 18.2. The van der Waals surface area contributed by atoms with Crippen molar-refractivity contribution in [2.75, 3.05) is 5.32 Å². The van der Waals surface area contributed by atoms with Crippen LogP contribution in [-0.2, 0) is 14.9 Å². The quantitative estimate of drug-likeness (QED) is 0.234. The van der Waals surface area contributed by atoms with E-state index in [4.69, 9.17) is 27.9 Å². The molecule has 0 radical (unpaired) electrons. The topological polar surface area (TPSA) is 88.5 Å². The molecule has 0 unspecified atom stereocenters. The van der Waals surface area contributed by atoms with Gasteiger partial charge in [-0.15, -0.1) is 0 Å². The van der Waals surface area contributed by atoms with E-state index in [0.717, 1.165) is 22.3 Å². The summed E-state index contributed by atoms with van der Waals surface area (Å²) in [5.41, 5.74) is 4.54. The van der Waals surface area contributed by atoms with E-state index >= 15 is 0 Å². The smallest absolute Gasteiger partial charge is 0.412 e. The number of anilines is 1. The maximum atomic E-state index is 12.7. The number of benzene rings is 3. The van der Waals surface area contributed by atoms with Crippen LogP contribution in [0.25, 0.3) is 21.6 Å². The lowest BCUT2D eigenvalue weighted by molar-refractivity contribution is -0.140. The number of aliphatic carboxylic acids is 1. The van der Waals surface area contributed by atoms with Crippen molar-refractivity contribution in [2.24, 2.45) is 0 Å². The van der Waals surface area contributed by atoms with Gasteiger partial charge >= 0.3 is 12.1 Å². The molecule has 38 heavy (non-hydrogen) atoms. The molecule has 1 atom stereocenters. The molecular formula is C29H24Cl2N2O4S. The summed E-state index contributed by atoms with van der Waals surface area (Å²) < 4.78 is 9.98. The molecule has 1 saturated carbocycles. The summed E-state index contributed by atoms with van der Waals surface area (Å²) in [5, 5.41) is 13.4. The number of hydrogen-bond acceptors (Lipinski definition) is 5. The number of carboxylic acid groups (broad SMARTS) is 1. The van der Waals surface area contributed by atoms with Crippen molar-refractivity contribution in [1.29, 1.82) is 0 Å². The molecule has 0 bridgehead atoms. The van der Waals surface area contributed by atoms with E-state index in [0.29, 0.717) is 44.7 Å². The van der Waals surface area contributed by atoms with Gasteiger partial charge in [0.25, 0.3) is 0 Å². The zero-order chi connectivity index (χ0) is 27.0. The Morgan fingerprint density at radius 1 is 1.03 bits per heavy atom. The van der Waals surface area contributed by atoms with Crippen molar-refractivity contribution >= 4 is 52.5 Å². The molecule has 9 heteroatoms. The molecule has 1 amide bonds. The molecule has 0 aliphatic heterocycles. The zero-order valence-corrected chi connectivity index (χ0v) is 23.0. The number of amides is 1. The van der Waals surface area contributed by atoms with Crippen molar-refractivity contribution < 1.29 is 19.4 Å². The van der Waals surface area contributed by atoms with Crippen LogP contribution in [-0.4, -0.2) is 21.5 Å². The number of rotatable bonds is 7. The molecule has 1 fully saturated rings. The first kappa shape index (κ1) is 26.2. The zero-order valence-electron chi connectivity index (χ0n) is 20.6. The van der Waals surface area contributed by atoms with Gasteiger partial charge in [-0.1, -0.05) is 77.8 Å². The lowest BCUT2D eigenvalue weighted by Gasteiger charge is -2.16. The average molecular weight is 567 g/mol. The summed E-state index contributed by atoms with van der Waals surface area (Å²) in [4.78, 5) is 25.1. The normalized spacial score (nSPS) is 14.5. The second-order valence-electron chi connectivity index (χ2n) is 9.33. The van der Waals surface area contributed by atoms with Gasteiger partial charge in [-0.05, 0) is 67.0 Å². The molecule has 6 nitrogen and oxygen atoms in total. The van der Waals surface area contributed by atoms with Gasteiger partial charge in [0.15, 0.2) is 0 Å². The number of carbonyl (C=O) groups is 2. The largest absolute Gasteiger partial charge is 0.481 e. The number of nitrogens with zero attached hydrogens (tertiary/aromatic N) is 1. The van der Waals surface area contributed by atoms with Crippen LogP contribution >= 0.6 is 34.7 Å². The van der Waals surface area contributed by atoms with Gasteiger partial charge in [-0.3, -0.25) is 10.1 Å². The summed E-state index contributed by atoms with van der Waals surface area (Å²) in [7, 11) is 0. The van der Waals surface area contributed by atoms with E-state index in [2.05, 4.69) is 9.69 Å². The number of carbonyl (C=O) groups excluding carboxylic acids is 1. The third-order valence-corrected chi connectivity index (χ3v) is 8.49. The van der Waals surface area contributed by atoms with Crippen molar-refractivity contribution in [3.8, 4) is 21.6 Å². The Balaban J connectivity index is 1.34. The minimum atomic E-state index is -0.774. The molecule has 5 rings (SSSR count). The molecule has 2 N–H and O–H groups in total. The van der Waals surface area contributed by atoms with Crippen LogP contribution in [0.4, 0.5) is 10.5 Å². The second kappa shape index (κ2) is 10.4. The Morgan fingerprint density at radius 3 is 2.34 bits per heavy atom. The Labute approximate surface area is 234 Å². The minimum Gasteiger partial charge on any atom is -0.481 e. The minimum absolute atomic E-state index is 0.500. The van der Waals surface area contributed by atoms with Gasteiger partial charge in [0, 0.05) is 21.2 Å². The predicted molar refractivity (Wildman–Crippen MR) is 151 cm³/mol. The van der Waals surface area contributed by atoms with Gasteiger partial charge in [-0.2, -0.15) is 4.37 Å². The van der Waals surface area contributed by atoms with Gasteiger partial charge in [0.05, 0.1) is 21.7 Å². The first-order valence-corrected chi connectivity index (χ1v) is 13.5. The molecule has 1 aliphatic rings. The molecule has 0 saturated heterocycles. The lowest BCUT2D eigenvalue weighted by atomic mass is 9.93. The van der Waals surface area contributed by atoms with Crippen molar-refractivity contribution in [3.63, 3.8) is 0 Å². The standard InChI is InChI=1S/C29H24Cl2N2O4S/c1-16-25(32-28(36)37-17(2)21-5-3-4-6-23(21)30)26(38-33-16)22-12-9-19(15-24(22)31)18-7-10-20(11-8-18)29(13-14-29)27(34)35/h3-12,15,17H,13-14H2,1-2H3,(H,32,36)(H,34,35)/t17-/m1/s1. The number of nitrogens with one attached hydrogen (secondary N) is 1. The molecule has 1 aliphatic carbocycles. The van der Waals surface area contributed by atoms with Gasteiger partial charge < -0.3 is 9.84 Å².